The van der Waals surface area contributed by atoms with Gasteiger partial charge in [-0.25, -0.2) is 4.98 Å². The van der Waals surface area contributed by atoms with E-state index >= 15 is 0 Å². The van der Waals surface area contributed by atoms with Crippen LogP contribution in [0.4, 0.5) is 0 Å². The molecule has 0 fully saturated rings. The Morgan fingerprint density at radius 1 is 1.35 bits per heavy atom. The second-order valence-electron chi connectivity index (χ2n) is 5.08. The first-order valence-electron chi connectivity index (χ1n) is 6.48. The van der Waals surface area contributed by atoms with Gasteiger partial charge in [0, 0.05) is 24.8 Å². The smallest absolute Gasteiger partial charge is 0.0948 e. The molecule has 0 saturated heterocycles. The monoisotopic (exact) mass is 238 g/mol. The van der Waals surface area contributed by atoms with E-state index in [0.29, 0.717) is 6.04 Å². The number of unbranched alkanes of at least 4 members (excludes halogenated alkanes) is 1. The summed E-state index contributed by atoms with van der Waals surface area (Å²) in [4.78, 5) is 6.53. The van der Waals surface area contributed by atoms with Gasteiger partial charge in [0.1, 0.15) is 0 Å². The lowest BCUT2D eigenvalue weighted by atomic mass is 10.2. The summed E-state index contributed by atoms with van der Waals surface area (Å²) in [6, 6.07) is 0.693. The van der Waals surface area contributed by atoms with Gasteiger partial charge < -0.3 is 15.2 Å². The van der Waals surface area contributed by atoms with E-state index < -0.39 is 0 Å². The molecule has 0 amide bonds. The molecule has 1 rings (SSSR count). The van der Waals surface area contributed by atoms with Crippen LogP contribution in [0.2, 0.25) is 0 Å². The van der Waals surface area contributed by atoms with Crippen molar-refractivity contribution in [1.29, 1.82) is 0 Å². The van der Waals surface area contributed by atoms with Crippen molar-refractivity contribution in [3.63, 3.8) is 0 Å². The summed E-state index contributed by atoms with van der Waals surface area (Å²) < 4.78 is 2.17. The molecule has 0 aliphatic rings. The van der Waals surface area contributed by atoms with Gasteiger partial charge >= 0.3 is 0 Å². The average Bonchev–Trinajstić information content (AvgIpc) is 2.72. The predicted molar refractivity (Wildman–Crippen MR) is 71.8 cm³/mol. The normalized spacial score (nSPS) is 13.6. The van der Waals surface area contributed by atoms with Crippen molar-refractivity contribution in [1.82, 2.24) is 14.5 Å². The summed E-state index contributed by atoms with van der Waals surface area (Å²) in [5.41, 5.74) is 7.01. The number of aryl methyl sites for hydroxylation is 1. The fourth-order valence-electron chi connectivity index (χ4n) is 1.80. The quantitative estimate of drug-likeness (QED) is 0.739. The third-order valence-corrected chi connectivity index (χ3v) is 3.25. The molecule has 1 aromatic heterocycles. The number of imidazole rings is 1. The highest BCUT2D eigenvalue weighted by Gasteiger charge is 2.06. The van der Waals surface area contributed by atoms with Crippen molar-refractivity contribution in [2.45, 2.75) is 52.2 Å². The van der Waals surface area contributed by atoms with Gasteiger partial charge in [0.05, 0.1) is 12.0 Å². The van der Waals surface area contributed by atoms with E-state index in [4.69, 9.17) is 5.73 Å². The molecule has 4 heteroatoms. The van der Waals surface area contributed by atoms with Crippen LogP contribution in [0.15, 0.2) is 12.5 Å². The van der Waals surface area contributed by atoms with Crippen LogP contribution in [0.25, 0.3) is 0 Å². The largest absolute Gasteiger partial charge is 0.333 e. The van der Waals surface area contributed by atoms with Crippen molar-refractivity contribution in [3.05, 3.63) is 18.2 Å². The maximum Gasteiger partial charge on any atom is 0.0948 e. The van der Waals surface area contributed by atoms with Gasteiger partial charge in [0.15, 0.2) is 0 Å². The lowest BCUT2D eigenvalue weighted by Gasteiger charge is -2.20. The van der Waals surface area contributed by atoms with E-state index in [2.05, 4.69) is 35.3 Å². The molecule has 0 radical (unpaired) electrons. The summed E-state index contributed by atoms with van der Waals surface area (Å²) >= 11 is 0. The molecule has 0 saturated carbocycles. The van der Waals surface area contributed by atoms with Crippen LogP contribution in [0.1, 0.15) is 45.3 Å². The zero-order chi connectivity index (χ0) is 12.8. The topological polar surface area (TPSA) is 47.1 Å². The van der Waals surface area contributed by atoms with Gasteiger partial charge in [0.25, 0.3) is 0 Å². The van der Waals surface area contributed by atoms with Crippen LogP contribution in [0.5, 0.6) is 0 Å². The molecule has 17 heavy (non-hydrogen) atoms. The van der Waals surface area contributed by atoms with Gasteiger partial charge in [0.2, 0.25) is 0 Å². The molecule has 98 valence electrons. The van der Waals surface area contributed by atoms with Crippen LogP contribution in [0.3, 0.4) is 0 Å². The Morgan fingerprint density at radius 3 is 2.65 bits per heavy atom. The van der Waals surface area contributed by atoms with E-state index in [-0.39, 0.29) is 6.04 Å². The van der Waals surface area contributed by atoms with Crippen molar-refractivity contribution in [2.24, 2.45) is 5.73 Å². The van der Waals surface area contributed by atoms with Crippen LogP contribution < -0.4 is 5.73 Å². The first-order valence-corrected chi connectivity index (χ1v) is 6.48. The van der Waals surface area contributed by atoms with E-state index in [1.54, 1.807) is 0 Å². The first kappa shape index (κ1) is 14.2. The summed E-state index contributed by atoms with van der Waals surface area (Å²) in [6.07, 6.45) is 6.13. The van der Waals surface area contributed by atoms with Gasteiger partial charge in [-0.1, -0.05) is 0 Å². The molecule has 1 atom stereocenters. The molecule has 0 aromatic carbocycles. The molecule has 1 unspecified atom stereocenters. The van der Waals surface area contributed by atoms with Crippen LogP contribution in [-0.4, -0.2) is 34.1 Å². The lowest BCUT2D eigenvalue weighted by molar-refractivity contribution is 0.266. The third kappa shape index (κ3) is 4.48. The molecular weight excluding hydrogens is 212 g/mol. The Labute approximate surface area is 105 Å². The lowest BCUT2D eigenvalue weighted by Crippen LogP contribution is -2.27. The SMILES string of the molecule is CC(N)c1cncn1CCCCN(C)C(C)C. The molecular formula is C13H26N4. The van der Waals surface area contributed by atoms with Crippen LogP contribution in [0, 0.1) is 0 Å². The number of nitrogens with zero attached hydrogens (tertiary/aromatic N) is 3. The number of hydrogen-bond acceptors (Lipinski definition) is 3. The Morgan fingerprint density at radius 2 is 2.06 bits per heavy atom. The van der Waals surface area contributed by atoms with Gasteiger partial charge in [-0.3, -0.25) is 0 Å². The molecule has 0 spiro atoms. The first-order chi connectivity index (χ1) is 8.02. The van der Waals surface area contributed by atoms with E-state index in [1.807, 2.05) is 19.4 Å². The minimum atomic E-state index is 0.0656. The number of rotatable bonds is 7. The Kier molecular flexibility index (Phi) is 5.65. The van der Waals surface area contributed by atoms with Crippen molar-refractivity contribution >= 4 is 0 Å². The van der Waals surface area contributed by atoms with Gasteiger partial charge in [-0.15, -0.1) is 0 Å². The second kappa shape index (κ2) is 6.77. The minimum Gasteiger partial charge on any atom is -0.333 e. The van der Waals surface area contributed by atoms with Crippen LogP contribution in [-0.2, 0) is 6.54 Å². The van der Waals surface area contributed by atoms with Crippen molar-refractivity contribution in [3.8, 4) is 0 Å². The minimum absolute atomic E-state index is 0.0656. The van der Waals surface area contributed by atoms with Gasteiger partial charge in [-0.05, 0) is 47.2 Å². The van der Waals surface area contributed by atoms with E-state index in [0.717, 1.165) is 18.8 Å². The zero-order valence-electron chi connectivity index (χ0n) is 11.6. The molecule has 0 bridgehead atoms. The number of hydrogen-bond donors (Lipinski definition) is 1. The predicted octanol–water partition coefficient (Wildman–Crippen LogP) is 2.02. The number of nitrogens with two attached hydrogens (primary N) is 1. The Hall–Kier alpha value is -0.870. The summed E-state index contributed by atoms with van der Waals surface area (Å²) in [5.74, 6) is 0. The standard InChI is InChI=1S/C13H26N4/c1-11(2)16(4)7-5-6-8-17-10-15-9-13(17)12(3)14/h9-12H,5-8,14H2,1-4H3. The van der Waals surface area contributed by atoms with Crippen molar-refractivity contribution in [2.75, 3.05) is 13.6 Å². The fraction of sp³-hybridized carbons (Fsp3) is 0.769. The summed E-state index contributed by atoms with van der Waals surface area (Å²) in [7, 11) is 2.18. The van der Waals surface area contributed by atoms with Crippen LogP contribution >= 0.6 is 0 Å². The highest BCUT2D eigenvalue weighted by Crippen LogP contribution is 2.10. The molecule has 0 aliphatic carbocycles. The summed E-state index contributed by atoms with van der Waals surface area (Å²) in [5, 5.41) is 0. The summed E-state index contributed by atoms with van der Waals surface area (Å²) in [6.45, 7) is 8.62. The highest BCUT2D eigenvalue weighted by molar-refractivity contribution is 5.02. The number of aromatic nitrogens is 2. The van der Waals surface area contributed by atoms with E-state index in [9.17, 15) is 0 Å². The zero-order valence-corrected chi connectivity index (χ0v) is 11.6. The Bertz CT molecular complexity index is 317. The molecule has 1 heterocycles. The average molecular weight is 238 g/mol. The molecule has 0 aliphatic heterocycles. The maximum absolute atomic E-state index is 5.88. The second-order valence-corrected chi connectivity index (χ2v) is 5.08. The Balaban J connectivity index is 2.29. The van der Waals surface area contributed by atoms with Crippen molar-refractivity contribution < 1.29 is 0 Å². The molecule has 4 nitrogen and oxygen atoms in total. The fourth-order valence-corrected chi connectivity index (χ4v) is 1.80. The molecule has 1 aromatic rings. The molecule has 2 N–H and O–H groups in total. The van der Waals surface area contributed by atoms with Gasteiger partial charge in [-0.2, -0.15) is 0 Å². The third-order valence-electron chi connectivity index (χ3n) is 3.25. The van der Waals surface area contributed by atoms with E-state index in [1.165, 1.54) is 12.8 Å². The maximum atomic E-state index is 5.88. The highest BCUT2D eigenvalue weighted by atomic mass is 15.1.